The van der Waals surface area contributed by atoms with Crippen molar-refractivity contribution in [1.29, 1.82) is 10.5 Å². The first-order valence-electron chi connectivity index (χ1n) is 22.5. The summed E-state index contributed by atoms with van der Waals surface area (Å²) >= 11 is 0. The van der Waals surface area contributed by atoms with Crippen LogP contribution in [0, 0.1) is 22.7 Å². The molecule has 0 bridgehead atoms. The van der Waals surface area contributed by atoms with Crippen molar-refractivity contribution < 1.29 is 0 Å². The first kappa shape index (κ1) is 40.0. The van der Waals surface area contributed by atoms with Gasteiger partial charge in [-0.3, -0.25) is 0 Å². The van der Waals surface area contributed by atoms with Gasteiger partial charge in [-0.15, -0.1) is 0 Å². The Labute approximate surface area is 394 Å². The van der Waals surface area contributed by atoms with E-state index in [4.69, 9.17) is 15.0 Å². The van der Waals surface area contributed by atoms with E-state index in [1.54, 1.807) is 0 Å². The molecule has 1 heterocycles. The fraction of sp³-hybridized carbons (Fsp3) is 0. The van der Waals surface area contributed by atoms with Gasteiger partial charge in [-0.1, -0.05) is 188 Å². The van der Waals surface area contributed by atoms with Crippen LogP contribution in [0.25, 0.3) is 123 Å². The van der Waals surface area contributed by atoms with Crippen molar-refractivity contribution in [3.8, 4) is 124 Å². The third-order valence-corrected chi connectivity index (χ3v) is 13.0. The quantitative estimate of drug-likeness (QED) is 0.152. The number of aromatic nitrogens is 3. The maximum Gasteiger partial charge on any atom is 0.164 e. The van der Waals surface area contributed by atoms with Gasteiger partial charge in [0.25, 0.3) is 0 Å². The van der Waals surface area contributed by atoms with Crippen molar-refractivity contribution in [2.24, 2.45) is 0 Å². The fourth-order valence-electron chi connectivity index (χ4n) is 9.58. The van der Waals surface area contributed by atoms with Crippen LogP contribution < -0.4 is 0 Å². The van der Waals surface area contributed by atoms with Crippen molar-refractivity contribution in [3.05, 3.63) is 236 Å². The van der Waals surface area contributed by atoms with E-state index in [1.165, 1.54) is 33.0 Å². The Kier molecular flexibility index (Phi) is 9.87. The predicted molar refractivity (Wildman–Crippen MR) is 275 cm³/mol. The highest BCUT2D eigenvalue weighted by Gasteiger charge is 2.23. The topological polar surface area (TPSA) is 86.2 Å². The molecule has 1 aromatic heterocycles. The van der Waals surface area contributed by atoms with Crippen molar-refractivity contribution in [3.63, 3.8) is 0 Å². The van der Waals surface area contributed by atoms with Crippen LogP contribution in [0.5, 0.6) is 0 Å². The average molecular weight is 864 g/mol. The summed E-state index contributed by atoms with van der Waals surface area (Å²) in [4.78, 5) is 14.9. The van der Waals surface area contributed by atoms with E-state index in [-0.39, 0.29) is 0 Å². The van der Waals surface area contributed by atoms with Gasteiger partial charge in [0.05, 0.1) is 23.3 Å². The van der Waals surface area contributed by atoms with Crippen LogP contribution in [0.4, 0.5) is 0 Å². The van der Waals surface area contributed by atoms with E-state index in [0.717, 1.165) is 72.3 Å². The predicted octanol–water partition coefficient (Wildman–Crippen LogP) is 15.8. The highest BCUT2D eigenvalue weighted by molar-refractivity contribution is 6.16. The molecule has 0 saturated carbocycles. The minimum Gasteiger partial charge on any atom is -0.208 e. The Morgan fingerprint density at radius 1 is 0.265 bits per heavy atom. The molecule has 314 valence electrons. The van der Waals surface area contributed by atoms with Gasteiger partial charge in [-0.2, -0.15) is 10.5 Å². The molecule has 5 nitrogen and oxygen atoms in total. The third kappa shape index (κ3) is 7.18. The molecule has 0 unspecified atom stereocenters. The Hall–Kier alpha value is -9.55. The smallest absolute Gasteiger partial charge is 0.164 e. The lowest BCUT2D eigenvalue weighted by atomic mass is 9.88. The van der Waals surface area contributed by atoms with Crippen molar-refractivity contribution in [2.45, 2.75) is 0 Å². The van der Waals surface area contributed by atoms with Gasteiger partial charge in [0.1, 0.15) is 0 Å². The van der Waals surface area contributed by atoms with E-state index in [9.17, 15) is 10.5 Å². The van der Waals surface area contributed by atoms with E-state index < -0.39 is 0 Å². The minimum absolute atomic E-state index is 0.579. The van der Waals surface area contributed by atoms with E-state index in [1.807, 2.05) is 72.8 Å². The van der Waals surface area contributed by atoms with E-state index >= 15 is 0 Å². The standard InChI is InChI=1S/C63H37N5/c64-38-40-20-22-41(23-21-40)42-24-28-45(29-25-42)62-66-61(44-10-2-1-3-11-44)67-63(68-62)46-30-26-43(27-31-46)47-12-8-13-48(34-47)49-32-33-54(52(35-49)39-65)55-16-5-4-15-53(55)51-36-50-14-9-19-58-56-17-6-7-18-57(56)59(37-51)60(50)58/h1-37H. The molecule has 0 spiro atoms. The van der Waals surface area contributed by atoms with Crippen LogP contribution in [0.15, 0.2) is 224 Å². The number of hydrogen-bond donors (Lipinski definition) is 0. The highest BCUT2D eigenvalue weighted by Crippen LogP contribution is 2.49. The second kappa shape index (κ2) is 16.8. The van der Waals surface area contributed by atoms with Crippen LogP contribution in [-0.4, -0.2) is 15.0 Å². The van der Waals surface area contributed by atoms with Crippen molar-refractivity contribution in [2.75, 3.05) is 0 Å². The Morgan fingerprint density at radius 3 is 1.32 bits per heavy atom. The van der Waals surface area contributed by atoms with Crippen LogP contribution in [0.2, 0.25) is 0 Å². The summed E-state index contributed by atoms with van der Waals surface area (Å²) in [6.45, 7) is 0. The SMILES string of the molecule is N#Cc1ccc(-c2ccc(-c3nc(-c4ccccc4)nc(-c4ccc(-c5cccc(-c6ccc(-c7ccccc7-c7cc8c9c(cccc9c7)-c7ccccc7-8)c(C#N)c6)c5)cc4)n3)cc2)cc1. The second-order valence-corrected chi connectivity index (χ2v) is 17.0. The van der Waals surface area contributed by atoms with Crippen LogP contribution >= 0.6 is 0 Å². The van der Waals surface area contributed by atoms with Gasteiger partial charge < -0.3 is 0 Å². The minimum atomic E-state index is 0.579. The maximum atomic E-state index is 10.7. The number of nitriles is 2. The molecule has 1 aliphatic carbocycles. The summed E-state index contributed by atoms with van der Waals surface area (Å²) in [6.07, 6.45) is 0. The fourth-order valence-corrected chi connectivity index (χ4v) is 9.58. The second-order valence-electron chi connectivity index (χ2n) is 17.0. The largest absolute Gasteiger partial charge is 0.208 e. The normalized spacial score (nSPS) is 11.2. The Balaban J connectivity index is 0.845. The number of hydrogen-bond acceptors (Lipinski definition) is 5. The van der Waals surface area contributed by atoms with Crippen LogP contribution in [0.1, 0.15) is 11.1 Å². The Morgan fingerprint density at radius 2 is 0.706 bits per heavy atom. The summed E-state index contributed by atoms with van der Waals surface area (Å²) in [7, 11) is 0. The van der Waals surface area contributed by atoms with Crippen molar-refractivity contribution in [1.82, 2.24) is 15.0 Å². The Bertz CT molecular complexity index is 3840. The molecular formula is C63H37N5. The lowest BCUT2D eigenvalue weighted by Gasteiger charge is -2.15. The molecule has 12 rings (SSSR count). The van der Waals surface area contributed by atoms with Gasteiger partial charge in [0.2, 0.25) is 0 Å². The van der Waals surface area contributed by atoms with Gasteiger partial charge in [-0.25, -0.2) is 15.0 Å². The van der Waals surface area contributed by atoms with E-state index in [2.05, 4.69) is 164 Å². The zero-order valence-electron chi connectivity index (χ0n) is 36.6. The number of fused-ring (bicyclic) bond motifs is 3. The van der Waals surface area contributed by atoms with Gasteiger partial charge in [0.15, 0.2) is 17.5 Å². The molecule has 1 aliphatic rings. The van der Waals surface area contributed by atoms with Crippen LogP contribution in [0.3, 0.4) is 0 Å². The summed E-state index contributed by atoms with van der Waals surface area (Å²) in [5.74, 6) is 1.75. The number of benzene rings is 10. The number of nitrogens with zero attached hydrogens (tertiary/aromatic N) is 5. The molecule has 0 N–H and O–H groups in total. The van der Waals surface area contributed by atoms with Crippen molar-refractivity contribution >= 4 is 10.8 Å². The first-order valence-corrected chi connectivity index (χ1v) is 22.5. The highest BCUT2D eigenvalue weighted by atomic mass is 15.0. The molecule has 0 atom stereocenters. The third-order valence-electron chi connectivity index (χ3n) is 13.0. The zero-order valence-corrected chi connectivity index (χ0v) is 36.6. The molecule has 0 aliphatic heterocycles. The van der Waals surface area contributed by atoms with E-state index in [0.29, 0.717) is 28.6 Å². The average Bonchev–Trinajstić information content (AvgIpc) is 3.75. The number of rotatable bonds is 8. The lowest BCUT2D eigenvalue weighted by Crippen LogP contribution is -2.00. The monoisotopic (exact) mass is 863 g/mol. The summed E-state index contributed by atoms with van der Waals surface area (Å²) < 4.78 is 0. The van der Waals surface area contributed by atoms with Gasteiger partial charge in [0, 0.05) is 22.3 Å². The molecular weight excluding hydrogens is 827 g/mol. The first-order chi connectivity index (χ1) is 33.6. The molecule has 0 radical (unpaired) electrons. The van der Waals surface area contributed by atoms with Crippen LogP contribution in [-0.2, 0) is 0 Å². The molecule has 5 heteroatoms. The summed E-state index contributed by atoms with van der Waals surface area (Å²) in [6, 6.07) is 81.7. The maximum absolute atomic E-state index is 10.7. The van der Waals surface area contributed by atoms with Gasteiger partial charge in [-0.05, 0) is 119 Å². The molecule has 68 heavy (non-hydrogen) atoms. The summed E-state index contributed by atoms with van der Waals surface area (Å²) in [5, 5.41) is 22.4. The molecule has 0 amide bonds. The molecule has 0 fully saturated rings. The van der Waals surface area contributed by atoms with Gasteiger partial charge >= 0.3 is 0 Å². The zero-order chi connectivity index (χ0) is 45.6. The summed E-state index contributed by atoms with van der Waals surface area (Å²) in [5.41, 5.74) is 19.3. The molecule has 10 aromatic carbocycles. The molecule has 0 saturated heterocycles. The molecule has 11 aromatic rings. The lowest BCUT2D eigenvalue weighted by molar-refractivity contribution is 1.07.